The lowest BCUT2D eigenvalue weighted by atomic mass is 10.3. The first kappa shape index (κ1) is 20.9. The van der Waals surface area contributed by atoms with E-state index in [1.54, 1.807) is 19.2 Å². The molecule has 1 aromatic carbocycles. The number of rotatable bonds is 11. The van der Waals surface area contributed by atoms with E-state index in [4.69, 9.17) is 9.47 Å². The second-order valence-corrected chi connectivity index (χ2v) is 7.27. The fraction of sp³-hybridized carbons (Fsp3) is 0.455. The van der Waals surface area contributed by atoms with Gasteiger partial charge in [0.15, 0.2) is 6.61 Å². The van der Waals surface area contributed by atoms with Crippen molar-refractivity contribution in [3.05, 3.63) is 54.4 Å². The molecule has 1 aliphatic rings. The van der Waals surface area contributed by atoms with Crippen LogP contribution in [0.15, 0.2) is 48.7 Å². The Morgan fingerprint density at radius 2 is 1.86 bits per heavy atom. The number of aromatic nitrogens is 1. The molecular weight excluding hydrogens is 370 g/mol. The number of carbonyl (C=O) groups is 2. The number of benzene rings is 1. The average molecular weight is 399 g/mol. The largest absolute Gasteiger partial charge is 0.484 e. The Hall–Kier alpha value is -2.80. The predicted molar refractivity (Wildman–Crippen MR) is 109 cm³/mol. The molecule has 1 saturated carbocycles. The van der Waals surface area contributed by atoms with Gasteiger partial charge in [-0.05, 0) is 37.1 Å². The zero-order valence-corrected chi connectivity index (χ0v) is 17.1. The summed E-state index contributed by atoms with van der Waals surface area (Å²) in [6.07, 6.45) is 4.00. The maximum absolute atomic E-state index is 13.1. The van der Waals surface area contributed by atoms with Gasteiger partial charge in [-0.2, -0.15) is 0 Å². The number of carbonyl (C=O) groups excluding carboxylic acids is 2. The van der Waals surface area contributed by atoms with Gasteiger partial charge in [0.05, 0.1) is 19.7 Å². The summed E-state index contributed by atoms with van der Waals surface area (Å²) in [7, 11) is 3.55. The Morgan fingerprint density at radius 1 is 1.10 bits per heavy atom. The van der Waals surface area contributed by atoms with Crippen molar-refractivity contribution in [2.75, 3.05) is 33.4 Å². The van der Waals surface area contributed by atoms with Crippen LogP contribution in [0, 0.1) is 0 Å². The molecule has 1 aliphatic carbocycles. The molecule has 0 atom stereocenters. The lowest BCUT2D eigenvalue weighted by molar-refractivity contribution is -0.142. The highest BCUT2D eigenvalue weighted by atomic mass is 16.5. The van der Waals surface area contributed by atoms with Crippen molar-refractivity contribution in [3.8, 4) is 5.75 Å². The topological polar surface area (TPSA) is 64.0 Å². The van der Waals surface area contributed by atoms with Gasteiger partial charge in [-0.15, -0.1) is 0 Å². The van der Waals surface area contributed by atoms with Gasteiger partial charge >= 0.3 is 0 Å². The molecule has 7 heteroatoms. The molecule has 2 amide bonds. The summed E-state index contributed by atoms with van der Waals surface area (Å²) in [4.78, 5) is 29.2. The fourth-order valence-electron chi connectivity index (χ4n) is 3.14. The van der Waals surface area contributed by atoms with Crippen molar-refractivity contribution in [2.45, 2.75) is 25.4 Å². The van der Waals surface area contributed by atoms with Crippen molar-refractivity contribution in [1.29, 1.82) is 0 Å². The van der Waals surface area contributed by atoms with E-state index in [1.165, 1.54) is 4.90 Å². The first-order chi connectivity index (χ1) is 14.1. The monoisotopic (exact) mass is 399 g/mol. The molecule has 0 spiro atoms. The minimum absolute atomic E-state index is 0.0290. The lowest BCUT2D eigenvalue weighted by Crippen LogP contribution is -2.46. The van der Waals surface area contributed by atoms with Crippen molar-refractivity contribution in [2.24, 2.45) is 7.05 Å². The Morgan fingerprint density at radius 3 is 2.48 bits per heavy atom. The third-order valence-corrected chi connectivity index (χ3v) is 5.04. The summed E-state index contributed by atoms with van der Waals surface area (Å²) in [5.74, 6) is 0.355. The molecular formula is C22H29N3O4. The summed E-state index contributed by atoms with van der Waals surface area (Å²) < 4.78 is 12.7. The van der Waals surface area contributed by atoms with Crippen LogP contribution in [0.3, 0.4) is 0 Å². The normalized spacial score (nSPS) is 13.2. The molecule has 3 rings (SSSR count). The second-order valence-electron chi connectivity index (χ2n) is 7.27. The summed E-state index contributed by atoms with van der Waals surface area (Å²) in [6, 6.07) is 13.4. The van der Waals surface area contributed by atoms with Gasteiger partial charge in [-0.25, -0.2) is 0 Å². The maximum atomic E-state index is 13.1. The van der Waals surface area contributed by atoms with Gasteiger partial charge in [0.25, 0.3) is 5.91 Å². The zero-order valence-electron chi connectivity index (χ0n) is 17.1. The maximum Gasteiger partial charge on any atom is 0.261 e. The molecule has 1 heterocycles. The van der Waals surface area contributed by atoms with E-state index in [0.29, 0.717) is 25.4 Å². The van der Waals surface area contributed by atoms with E-state index < -0.39 is 0 Å². The van der Waals surface area contributed by atoms with Crippen molar-refractivity contribution in [3.63, 3.8) is 0 Å². The first-order valence-electron chi connectivity index (χ1n) is 9.92. The van der Waals surface area contributed by atoms with Crippen LogP contribution in [0.2, 0.25) is 0 Å². The molecule has 0 bridgehead atoms. The van der Waals surface area contributed by atoms with E-state index in [2.05, 4.69) is 0 Å². The molecule has 0 saturated heterocycles. The Labute approximate surface area is 171 Å². The van der Waals surface area contributed by atoms with Gasteiger partial charge < -0.3 is 23.8 Å². The van der Waals surface area contributed by atoms with E-state index in [9.17, 15) is 9.59 Å². The van der Waals surface area contributed by atoms with Crippen LogP contribution in [0.5, 0.6) is 5.75 Å². The zero-order chi connectivity index (χ0) is 20.6. The molecule has 0 N–H and O–H groups in total. The molecule has 1 aromatic heterocycles. The Kier molecular flexibility index (Phi) is 7.30. The number of hydrogen-bond donors (Lipinski definition) is 0. The third-order valence-electron chi connectivity index (χ3n) is 5.04. The SMILES string of the molecule is COCCN(CC(=O)N(Cc1cccn1C)C1CC1)C(=O)COc1ccccc1. The number of aryl methyl sites for hydroxylation is 1. The smallest absolute Gasteiger partial charge is 0.261 e. The van der Waals surface area contributed by atoms with E-state index in [-0.39, 0.29) is 31.0 Å². The number of hydrogen-bond acceptors (Lipinski definition) is 4. The number of ether oxygens (including phenoxy) is 2. The van der Waals surface area contributed by atoms with E-state index in [1.807, 2.05) is 53.0 Å². The van der Waals surface area contributed by atoms with Crippen LogP contribution in [0.25, 0.3) is 0 Å². The molecule has 156 valence electrons. The number of amides is 2. The average Bonchev–Trinajstić information content (AvgIpc) is 3.49. The van der Waals surface area contributed by atoms with Crippen LogP contribution in [-0.2, 0) is 27.9 Å². The van der Waals surface area contributed by atoms with Crippen molar-refractivity contribution >= 4 is 11.8 Å². The molecule has 2 aromatic rings. The van der Waals surface area contributed by atoms with Crippen molar-refractivity contribution < 1.29 is 19.1 Å². The molecule has 0 radical (unpaired) electrons. The van der Waals surface area contributed by atoms with Crippen LogP contribution < -0.4 is 4.74 Å². The number of para-hydroxylation sites is 1. The predicted octanol–water partition coefficient (Wildman–Crippen LogP) is 2.07. The van der Waals surface area contributed by atoms with Crippen LogP contribution in [0.1, 0.15) is 18.5 Å². The minimum Gasteiger partial charge on any atom is -0.484 e. The summed E-state index contributed by atoms with van der Waals surface area (Å²) in [5.41, 5.74) is 1.08. The first-order valence-corrected chi connectivity index (χ1v) is 9.92. The van der Waals surface area contributed by atoms with Crippen LogP contribution in [-0.4, -0.2) is 65.6 Å². The molecule has 1 fully saturated rings. The van der Waals surface area contributed by atoms with Crippen molar-refractivity contribution in [1.82, 2.24) is 14.4 Å². The summed E-state index contributed by atoms with van der Waals surface area (Å²) >= 11 is 0. The van der Waals surface area contributed by atoms with Gasteiger partial charge in [-0.3, -0.25) is 9.59 Å². The van der Waals surface area contributed by atoms with Gasteiger partial charge in [0.1, 0.15) is 5.75 Å². The number of methoxy groups -OCH3 is 1. The van der Waals surface area contributed by atoms with E-state index >= 15 is 0 Å². The van der Waals surface area contributed by atoms with Gasteiger partial charge in [-0.1, -0.05) is 18.2 Å². The fourth-order valence-corrected chi connectivity index (χ4v) is 3.14. The standard InChI is InChI=1S/C22H29N3O4/c1-23-12-6-7-19(23)15-25(18-10-11-18)21(26)16-24(13-14-28-2)22(27)17-29-20-8-4-3-5-9-20/h3-9,12,18H,10-11,13-17H2,1-2H3. The highest BCUT2D eigenvalue weighted by molar-refractivity contribution is 5.85. The quantitative estimate of drug-likeness (QED) is 0.580. The number of nitrogens with zero attached hydrogens (tertiary/aromatic N) is 3. The molecule has 7 nitrogen and oxygen atoms in total. The lowest BCUT2D eigenvalue weighted by Gasteiger charge is -2.28. The Bertz CT molecular complexity index is 801. The molecule has 0 aliphatic heterocycles. The van der Waals surface area contributed by atoms with Crippen LogP contribution in [0.4, 0.5) is 0 Å². The van der Waals surface area contributed by atoms with Gasteiger partial charge in [0.2, 0.25) is 5.91 Å². The highest BCUT2D eigenvalue weighted by Crippen LogP contribution is 2.28. The molecule has 0 unspecified atom stereocenters. The van der Waals surface area contributed by atoms with Gasteiger partial charge in [0, 0.05) is 38.6 Å². The van der Waals surface area contributed by atoms with Crippen LogP contribution >= 0.6 is 0 Å². The highest BCUT2D eigenvalue weighted by Gasteiger charge is 2.34. The summed E-state index contributed by atoms with van der Waals surface area (Å²) in [6.45, 7) is 1.19. The Balaban J connectivity index is 1.61. The minimum atomic E-state index is -0.228. The second kappa shape index (κ2) is 10.1. The third kappa shape index (κ3) is 6.09. The van der Waals surface area contributed by atoms with E-state index in [0.717, 1.165) is 18.5 Å². The molecule has 29 heavy (non-hydrogen) atoms. The summed E-state index contributed by atoms with van der Waals surface area (Å²) in [5, 5.41) is 0.